The van der Waals surface area contributed by atoms with E-state index in [2.05, 4.69) is 27.3 Å². The van der Waals surface area contributed by atoms with E-state index in [1.54, 1.807) is 19.1 Å². The molecule has 0 radical (unpaired) electrons. The molecule has 1 N–H and O–H groups in total. The number of hydrogen-bond donors (Lipinski definition) is 1. The highest BCUT2D eigenvalue weighted by atomic mass is 79.9. The van der Waals surface area contributed by atoms with Gasteiger partial charge in [0.1, 0.15) is 0 Å². The zero-order valence-electron chi connectivity index (χ0n) is 14.7. The van der Waals surface area contributed by atoms with Crippen molar-refractivity contribution in [1.82, 2.24) is 0 Å². The van der Waals surface area contributed by atoms with E-state index in [-0.39, 0.29) is 5.91 Å². The molecule has 1 aliphatic carbocycles. The second-order valence-corrected chi connectivity index (χ2v) is 7.08. The monoisotopic (exact) mass is 417 g/mol. The standard InChI is InChI=1S/C20H20BrNO4/c1-12(26-19-9-15(11-23)17(21)10-18(19)25-2)20(24)22-16-7-6-13-4-3-5-14(13)8-16/h6-12H,3-5H2,1-2H3,(H,22,24)/t12-/m0/s1. The van der Waals surface area contributed by atoms with Crippen molar-refractivity contribution in [2.24, 2.45) is 0 Å². The fraction of sp³-hybridized carbons (Fsp3) is 0.300. The van der Waals surface area contributed by atoms with Crippen molar-refractivity contribution in [3.63, 3.8) is 0 Å². The Morgan fingerprint density at radius 1 is 1.19 bits per heavy atom. The molecule has 0 unspecified atom stereocenters. The molecular formula is C20H20BrNO4. The van der Waals surface area contributed by atoms with Crippen LogP contribution in [0.2, 0.25) is 0 Å². The predicted molar refractivity (Wildman–Crippen MR) is 103 cm³/mol. The van der Waals surface area contributed by atoms with Crippen LogP contribution in [0.5, 0.6) is 11.5 Å². The average Bonchev–Trinajstić information content (AvgIpc) is 3.10. The van der Waals surface area contributed by atoms with Gasteiger partial charge in [0.2, 0.25) is 0 Å². The van der Waals surface area contributed by atoms with Crippen LogP contribution in [0.25, 0.3) is 0 Å². The minimum Gasteiger partial charge on any atom is -0.493 e. The van der Waals surface area contributed by atoms with E-state index in [0.29, 0.717) is 27.8 Å². The highest BCUT2D eigenvalue weighted by Gasteiger charge is 2.19. The zero-order valence-corrected chi connectivity index (χ0v) is 16.3. The van der Waals surface area contributed by atoms with E-state index in [4.69, 9.17) is 9.47 Å². The summed E-state index contributed by atoms with van der Waals surface area (Å²) in [6, 6.07) is 9.20. The number of rotatable bonds is 6. The molecule has 1 amide bonds. The first-order valence-electron chi connectivity index (χ1n) is 8.44. The third-order valence-corrected chi connectivity index (χ3v) is 5.14. The molecule has 26 heavy (non-hydrogen) atoms. The number of aldehydes is 1. The molecule has 0 aliphatic heterocycles. The summed E-state index contributed by atoms with van der Waals surface area (Å²) >= 11 is 3.30. The molecule has 1 aliphatic rings. The molecule has 0 heterocycles. The number of ether oxygens (including phenoxy) is 2. The molecule has 0 spiro atoms. The summed E-state index contributed by atoms with van der Waals surface area (Å²) in [4.78, 5) is 23.6. The molecular weight excluding hydrogens is 398 g/mol. The zero-order chi connectivity index (χ0) is 18.7. The summed E-state index contributed by atoms with van der Waals surface area (Å²) in [5.74, 6) is 0.523. The molecule has 0 aromatic heterocycles. The van der Waals surface area contributed by atoms with Crippen molar-refractivity contribution < 1.29 is 19.1 Å². The number of aryl methyl sites for hydroxylation is 2. The summed E-state index contributed by atoms with van der Waals surface area (Å²) in [6.45, 7) is 1.66. The van der Waals surface area contributed by atoms with Gasteiger partial charge < -0.3 is 14.8 Å². The lowest BCUT2D eigenvalue weighted by molar-refractivity contribution is -0.122. The van der Waals surface area contributed by atoms with Crippen molar-refractivity contribution in [3.05, 3.63) is 51.5 Å². The lowest BCUT2D eigenvalue weighted by Gasteiger charge is -2.18. The summed E-state index contributed by atoms with van der Waals surface area (Å²) in [5.41, 5.74) is 3.84. The number of fused-ring (bicyclic) bond motifs is 1. The van der Waals surface area contributed by atoms with Gasteiger partial charge in [0.25, 0.3) is 5.91 Å². The van der Waals surface area contributed by atoms with Gasteiger partial charge in [0, 0.05) is 15.7 Å². The van der Waals surface area contributed by atoms with Crippen LogP contribution in [-0.2, 0) is 17.6 Å². The van der Waals surface area contributed by atoms with Crippen molar-refractivity contribution in [2.75, 3.05) is 12.4 Å². The minimum absolute atomic E-state index is 0.263. The molecule has 0 bridgehead atoms. The molecule has 0 saturated carbocycles. The lowest BCUT2D eigenvalue weighted by atomic mass is 10.1. The maximum atomic E-state index is 12.5. The summed E-state index contributed by atoms with van der Waals surface area (Å²) in [6.07, 6.45) is 3.28. The van der Waals surface area contributed by atoms with Gasteiger partial charge in [0.15, 0.2) is 23.9 Å². The minimum atomic E-state index is -0.752. The molecule has 136 valence electrons. The van der Waals surface area contributed by atoms with Crippen molar-refractivity contribution in [1.29, 1.82) is 0 Å². The van der Waals surface area contributed by atoms with Gasteiger partial charge in [-0.25, -0.2) is 0 Å². The Balaban J connectivity index is 1.72. The fourth-order valence-corrected chi connectivity index (χ4v) is 3.45. The molecule has 6 heteroatoms. The topological polar surface area (TPSA) is 64.6 Å². The van der Waals surface area contributed by atoms with Crippen LogP contribution < -0.4 is 14.8 Å². The Bertz CT molecular complexity index is 850. The largest absolute Gasteiger partial charge is 0.493 e. The molecule has 0 fully saturated rings. The predicted octanol–water partition coefficient (Wildman–Crippen LogP) is 4.16. The first-order chi connectivity index (χ1) is 12.5. The van der Waals surface area contributed by atoms with E-state index in [9.17, 15) is 9.59 Å². The van der Waals surface area contributed by atoms with Gasteiger partial charge in [-0.2, -0.15) is 0 Å². The SMILES string of the molecule is COc1cc(Br)c(C=O)cc1O[C@@H](C)C(=O)Nc1ccc2c(c1)CCC2. The van der Waals surface area contributed by atoms with E-state index in [1.807, 2.05) is 12.1 Å². The summed E-state index contributed by atoms with van der Waals surface area (Å²) in [5, 5.41) is 2.89. The number of anilines is 1. The van der Waals surface area contributed by atoms with E-state index >= 15 is 0 Å². The van der Waals surface area contributed by atoms with Gasteiger partial charge in [0.05, 0.1) is 7.11 Å². The maximum absolute atomic E-state index is 12.5. The number of carbonyl (C=O) groups excluding carboxylic acids is 2. The highest BCUT2D eigenvalue weighted by Crippen LogP contribution is 2.33. The Morgan fingerprint density at radius 2 is 1.96 bits per heavy atom. The van der Waals surface area contributed by atoms with Crippen molar-refractivity contribution in [3.8, 4) is 11.5 Å². The number of amides is 1. The summed E-state index contributed by atoms with van der Waals surface area (Å²) in [7, 11) is 1.50. The quantitative estimate of drug-likeness (QED) is 0.716. The van der Waals surface area contributed by atoms with Gasteiger partial charge in [-0.3, -0.25) is 9.59 Å². The van der Waals surface area contributed by atoms with Crippen LogP contribution in [0, 0.1) is 0 Å². The number of nitrogens with one attached hydrogen (secondary N) is 1. The first-order valence-corrected chi connectivity index (χ1v) is 9.23. The van der Waals surface area contributed by atoms with Crippen LogP contribution in [0.15, 0.2) is 34.8 Å². The van der Waals surface area contributed by atoms with Crippen LogP contribution in [0.1, 0.15) is 34.8 Å². The van der Waals surface area contributed by atoms with Crippen molar-refractivity contribution in [2.45, 2.75) is 32.3 Å². The molecule has 2 aromatic carbocycles. The number of hydrogen-bond acceptors (Lipinski definition) is 4. The number of methoxy groups -OCH3 is 1. The molecule has 5 nitrogen and oxygen atoms in total. The van der Waals surface area contributed by atoms with E-state index in [1.165, 1.54) is 18.2 Å². The van der Waals surface area contributed by atoms with E-state index in [0.717, 1.165) is 24.9 Å². The lowest BCUT2D eigenvalue weighted by Crippen LogP contribution is -2.30. The maximum Gasteiger partial charge on any atom is 0.265 e. The fourth-order valence-electron chi connectivity index (χ4n) is 3.03. The van der Waals surface area contributed by atoms with Gasteiger partial charge >= 0.3 is 0 Å². The Labute approximate surface area is 160 Å². The molecule has 2 aromatic rings. The second kappa shape index (κ2) is 7.91. The molecule has 0 saturated heterocycles. The smallest absolute Gasteiger partial charge is 0.265 e. The molecule has 1 atom stereocenters. The van der Waals surface area contributed by atoms with Crippen LogP contribution in [-0.4, -0.2) is 25.4 Å². The van der Waals surface area contributed by atoms with E-state index < -0.39 is 6.10 Å². The average molecular weight is 418 g/mol. The van der Waals surface area contributed by atoms with Crippen molar-refractivity contribution >= 4 is 33.8 Å². The summed E-state index contributed by atoms with van der Waals surface area (Å²) < 4.78 is 11.6. The van der Waals surface area contributed by atoms with Crippen LogP contribution in [0.3, 0.4) is 0 Å². The Kier molecular flexibility index (Phi) is 5.61. The molecule has 3 rings (SSSR count). The van der Waals surface area contributed by atoms with Gasteiger partial charge in [-0.05, 0) is 77.5 Å². The normalized spacial score (nSPS) is 13.7. The van der Waals surface area contributed by atoms with Crippen LogP contribution >= 0.6 is 15.9 Å². The number of carbonyl (C=O) groups is 2. The number of halogens is 1. The Hall–Kier alpha value is -2.34. The first kappa shape index (κ1) is 18.5. The number of benzene rings is 2. The second-order valence-electron chi connectivity index (χ2n) is 6.23. The van der Waals surface area contributed by atoms with Gasteiger partial charge in [-0.1, -0.05) is 6.07 Å². The van der Waals surface area contributed by atoms with Crippen LogP contribution in [0.4, 0.5) is 5.69 Å². The van der Waals surface area contributed by atoms with Gasteiger partial charge in [-0.15, -0.1) is 0 Å². The third-order valence-electron chi connectivity index (χ3n) is 4.45. The third kappa shape index (κ3) is 3.90. The Morgan fingerprint density at radius 3 is 2.69 bits per heavy atom. The highest BCUT2D eigenvalue weighted by molar-refractivity contribution is 9.10.